The molecule has 0 aliphatic carbocycles. The van der Waals surface area contributed by atoms with E-state index in [4.69, 9.17) is 0 Å². The van der Waals surface area contributed by atoms with Gasteiger partial charge in [-0.15, -0.1) is 0 Å². The molecule has 0 aliphatic heterocycles. The van der Waals surface area contributed by atoms with Gasteiger partial charge < -0.3 is 0 Å². The fourth-order valence-corrected chi connectivity index (χ4v) is 1.52. The van der Waals surface area contributed by atoms with E-state index in [1.165, 1.54) is 11.1 Å². The second-order valence-corrected chi connectivity index (χ2v) is 4.91. The summed E-state index contributed by atoms with van der Waals surface area (Å²) in [7, 11) is 2.17. The topological polar surface area (TPSA) is 3.24 Å². The van der Waals surface area contributed by atoms with Crippen LogP contribution < -0.4 is 0 Å². The molecule has 1 rings (SSSR count). The van der Waals surface area contributed by atoms with Crippen molar-refractivity contribution in [3.05, 3.63) is 35.4 Å². The Morgan fingerprint density at radius 3 is 2.33 bits per heavy atom. The Labute approximate surface area is 94.1 Å². The zero-order valence-electron chi connectivity index (χ0n) is 10.6. The third-order valence-corrected chi connectivity index (χ3v) is 2.93. The van der Waals surface area contributed by atoms with Crippen LogP contribution in [0.4, 0.5) is 0 Å². The van der Waals surface area contributed by atoms with Gasteiger partial charge in [-0.25, -0.2) is 0 Å². The summed E-state index contributed by atoms with van der Waals surface area (Å²) in [5, 5.41) is 0. The molecule has 1 heteroatoms. The van der Waals surface area contributed by atoms with Gasteiger partial charge in [-0.2, -0.15) is 0 Å². The molecule has 15 heavy (non-hydrogen) atoms. The van der Waals surface area contributed by atoms with Crippen LogP contribution in [0.15, 0.2) is 24.3 Å². The first-order valence-corrected chi connectivity index (χ1v) is 5.79. The van der Waals surface area contributed by atoms with Gasteiger partial charge >= 0.3 is 0 Å². The molecular formula is C14H23N. The van der Waals surface area contributed by atoms with Gasteiger partial charge in [0.25, 0.3) is 0 Å². The predicted molar refractivity (Wildman–Crippen MR) is 67.1 cm³/mol. The van der Waals surface area contributed by atoms with Crippen LogP contribution in [0.1, 0.15) is 44.7 Å². The van der Waals surface area contributed by atoms with E-state index in [-0.39, 0.29) is 0 Å². The monoisotopic (exact) mass is 205 g/mol. The molecule has 0 spiro atoms. The maximum Gasteiger partial charge on any atom is 0.0233 e. The first-order valence-electron chi connectivity index (χ1n) is 5.79. The van der Waals surface area contributed by atoms with E-state index >= 15 is 0 Å². The van der Waals surface area contributed by atoms with E-state index in [1.54, 1.807) is 0 Å². The van der Waals surface area contributed by atoms with Crippen molar-refractivity contribution >= 4 is 0 Å². The molecule has 0 N–H and O–H groups in total. The van der Waals surface area contributed by atoms with Crippen molar-refractivity contribution in [1.29, 1.82) is 0 Å². The predicted octanol–water partition coefficient (Wildman–Crippen LogP) is 3.65. The summed E-state index contributed by atoms with van der Waals surface area (Å²) in [6.07, 6.45) is 0. The zero-order chi connectivity index (χ0) is 11.4. The largest absolute Gasteiger partial charge is 0.300 e. The Hall–Kier alpha value is -0.820. The van der Waals surface area contributed by atoms with Gasteiger partial charge in [0.15, 0.2) is 0 Å². The molecule has 0 radical (unpaired) electrons. The summed E-state index contributed by atoms with van der Waals surface area (Å²) < 4.78 is 0. The Kier molecular flexibility index (Phi) is 4.34. The normalized spacial score (nSPS) is 11.7. The lowest BCUT2D eigenvalue weighted by molar-refractivity contribution is 0.265. The molecule has 0 saturated heterocycles. The summed E-state index contributed by atoms with van der Waals surface area (Å²) in [5.41, 5.74) is 2.85. The Morgan fingerprint density at radius 2 is 1.80 bits per heavy atom. The molecule has 1 aromatic carbocycles. The van der Waals surface area contributed by atoms with Crippen LogP contribution in [-0.4, -0.2) is 18.0 Å². The quantitative estimate of drug-likeness (QED) is 0.725. The molecule has 0 amide bonds. The van der Waals surface area contributed by atoms with Crippen molar-refractivity contribution < 1.29 is 0 Å². The average Bonchev–Trinajstić information content (AvgIpc) is 2.18. The molecule has 0 atom stereocenters. The molecule has 0 saturated carbocycles. The van der Waals surface area contributed by atoms with Gasteiger partial charge in [-0.3, -0.25) is 4.90 Å². The third-order valence-electron chi connectivity index (χ3n) is 2.93. The minimum absolute atomic E-state index is 0.604. The van der Waals surface area contributed by atoms with Gasteiger partial charge in [-0.1, -0.05) is 38.1 Å². The lowest BCUT2D eigenvalue weighted by Crippen LogP contribution is -2.25. The van der Waals surface area contributed by atoms with Crippen molar-refractivity contribution in [1.82, 2.24) is 4.90 Å². The lowest BCUT2D eigenvalue weighted by atomic mass is 10.0. The third kappa shape index (κ3) is 3.67. The summed E-state index contributed by atoms with van der Waals surface area (Å²) >= 11 is 0. The van der Waals surface area contributed by atoms with Crippen molar-refractivity contribution in [2.45, 2.75) is 46.2 Å². The zero-order valence-corrected chi connectivity index (χ0v) is 10.6. The molecule has 0 fully saturated rings. The van der Waals surface area contributed by atoms with Crippen LogP contribution in [0.3, 0.4) is 0 Å². The first kappa shape index (κ1) is 12.3. The van der Waals surface area contributed by atoms with Gasteiger partial charge in [0.2, 0.25) is 0 Å². The number of hydrogen-bond acceptors (Lipinski definition) is 1. The van der Waals surface area contributed by atoms with Crippen molar-refractivity contribution in [2.75, 3.05) is 7.05 Å². The molecule has 0 unspecified atom stereocenters. The highest BCUT2D eigenvalue weighted by Gasteiger charge is 2.05. The van der Waals surface area contributed by atoms with E-state index in [0.29, 0.717) is 12.0 Å². The second kappa shape index (κ2) is 5.32. The van der Waals surface area contributed by atoms with E-state index in [0.717, 1.165) is 6.54 Å². The van der Waals surface area contributed by atoms with E-state index in [1.807, 2.05) is 0 Å². The molecule has 0 heterocycles. The number of rotatable bonds is 4. The summed E-state index contributed by atoms with van der Waals surface area (Å²) in [4.78, 5) is 2.36. The SMILES string of the molecule is CC(C)c1cccc(CN(C)C(C)C)c1. The van der Waals surface area contributed by atoms with Crippen molar-refractivity contribution in [3.8, 4) is 0 Å². The minimum atomic E-state index is 0.604. The van der Waals surface area contributed by atoms with Gasteiger partial charge in [0.1, 0.15) is 0 Å². The van der Waals surface area contributed by atoms with Gasteiger partial charge in [0.05, 0.1) is 0 Å². The molecular weight excluding hydrogens is 182 g/mol. The van der Waals surface area contributed by atoms with Crippen LogP contribution in [0, 0.1) is 0 Å². The summed E-state index contributed by atoms with van der Waals surface area (Å²) in [6, 6.07) is 9.52. The molecule has 0 aromatic heterocycles. The highest BCUT2D eigenvalue weighted by molar-refractivity contribution is 5.25. The van der Waals surface area contributed by atoms with Crippen LogP contribution >= 0.6 is 0 Å². The molecule has 84 valence electrons. The van der Waals surface area contributed by atoms with E-state index in [9.17, 15) is 0 Å². The average molecular weight is 205 g/mol. The van der Waals surface area contributed by atoms with Gasteiger partial charge in [0, 0.05) is 12.6 Å². The van der Waals surface area contributed by atoms with Crippen LogP contribution in [0.5, 0.6) is 0 Å². The number of benzene rings is 1. The summed E-state index contributed by atoms with van der Waals surface area (Å²) in [6.45, 7) is 9.98. The van der Waals surface area contributed by atoms with E-state index in [2.05, 4.69) is 63.9 Å². The fraction of sp³-hybridized carbons (Fsp3) is 0.571. The molecule has 1 aromatic rings. The first-order chi connectivity index (χ1) is 7.00. The van der Waals surface area contributed by atoms with Gasteiger partial charge in [-0.05, 0) is 37.9 Å². The fourth-order valence-electron chi connectivity index (χ4n) is 1.52. The highest BCUT2D eigenvalue weighted by Crippen LogP contribution is 2.16. The molecule has 0 bridgehead atoms. The van der Waals surface area contributed by atoms with Crippen LogP contribution in [0.25, 0.3) is 0 Å². The lowest BCUT2D eigenvalue weighted by Gasteiger charge is -2.21. The second-order valence-electron chi connectivity index (χ2n) is 4.91. The number of hydrogen-bond donors (Lipinski definition) is 0. The standard InChI is InChI=1S/C14H23N/c1-11(2)14-8-6-7-13(9-14)10-15(5)12(3)4/h6-9,11-12H,10H2,1-5H3. The maximum atomic E-state index is 2.36. The van der Waals surface area contributed by atoms with Crippen LogP contribution in [-0.2, 0) is 6.54 Å². The molecule has 0 aliphatic rings. The Bertz CT molecular complexity index is 302. The highest BCUT2D eigenvalue weighted by atomic mass is 15.1. The van der Waals surface area contributed by atoms with Crippen molar-refractivity contribution in [3.63, 3.8) is 0 Å². The Morgan fingerprint density at radius 1 is 1.13 bits per heavy atom. The maximum absolute atomic E-state index is 2.36. The Balaban J connectivity index is 2.73. The van der Waals surface area contributed by atoms with Crippen molar-refractivity contribution in [2.24, 2.45) is 0 Å². The smallest absolute Gasteiger partial charge is 0.0233 e. The minimum Gasteiger partial charge on any atom is -0.300 e. The summed E-state index contributed by atoms with van der Waals surface area (Å²) in [5.74, 6) is 0.620. The van der Waals surface area contributed by atoms with E-state index < -0.39 is 0 Å². The van der Waals surface area contributed by atoms with Crippen LogP contribution in [0.2, 0.25) is 0 Å². The number of nitrogens with zero attached hydrogens (tertiary/aromatic N) is 1. The molecule has 1 nitrogen and oxygen atoms in total.